The van der Waals surface area contributed by atoms with Crippen LogP contribution in [0.2, 0.25) is 0 Å². The summed E-state index contributed by atoms with van der Waals surface area (Å²) in [6.07, 6.45) is 13.5. The average Bonchev–Trinajstić information content (AvgIpc) is 3.39. The van der Waals surface area contributed by atoms with Gasteiger partial charge in [-0.2, -0.15) is 0 Å². The highest BCUT2D eigenvalue weighted by atomic mass is 127. The van der Waals surface area contributed by atoms with Crippen molar-refractivity contribution in [2.24, 2.45) is 10.9 Å². The number of hydrogen-bond donors (Lipinski definition) is 2. The second-order valence-electron chi connectivity index (χ2n) is 8.38. The highest BCUT2D eigenvalue weighted by Crippen LogP contribution is 2.26. The molecule has 0 aromatic rings. The maximum absolute atomic E-state index is 12.7. The minimum atomic E-state index is 0. The first-order valence-electron chi connectivity index (χ1n) is 11.1. The van der Waals surface area contributed by atoms with Crippen LogP contribution in [0.5, 0.6) is 0 Å². The maximum atomic E-state index is 12.7. The van der Waals surface area contributed by atoms with E-state index in [1.165, 1.54) is 44.9 Å². The van der Waals surface area contributed by atoms with Crippen LogP contribution in [-0.4, -0.2) is 62.2 Å². The van der Waals surface area contributed by atoms with Gasteiger partial charge in [0.1, 0.15) is 0 Å². The molecule has 1 amide bonds. The first-order valence-corrected chi connectivity index (χ1v) is 11.1. The van der Waals surface area contributed by atoms with Gasteiger partial charge in [0.25, 0.3) is 0 Å². The van der Waals surface area contributed by atoms with Crippen molar-refractivity contribution >= 4 is 35.8 Å². The van der Waals surface area contributed by atoms with Gasteiger partial charge in [-0.25, -0.2) is 0 Å². The topological polar surface area (TPSA) is 66.0 Å². The van der Waals surface area contributed by atoms with Crippen LogP contribution in [0.25, 0.3) is 0 Å². The van der Waals surface area contributed by atoms with Crippen LogP contribution in [0.1, 0.15) is 70.6 Å². The van der Waals surface area contributed by atoms with Crippen molar-refractivity contribution in [1.82, 2.24) is 15.5 Å². The third kappa shape index (κ3) is 7.35. The number of guanidine groups is 1. The summed E-state index contributed by atoms with van der Waals surface area (Å²) in [6.45, 7) is 3.37. The van der Waals surface area contributed by atoms with Gasteiger partial charge in [0.15, 0.2) is 5.96 Å². The Hall–Kier alpha value is -0.570. The third-order valence-electron chi connectivity index (χ3n) is 6.29. The second kappa shape index (κ2) is 12.9. The van der Waals surface area contributed by atoms with Gasteiger partial charge in [-0.1, -0.05) is 32.1 Å². The van der Waals surface area contributed by atoms with E-state index in [1.807, 2.05) is 7.05 Å². The Kier molecular flexibility index (Phi) is 10.9. The summed E-state index contributed by atoms with van der Waals surface area (Å²) in [5.74, 6) is 1.49. The molecular formula is C21H39IN4O2. The van der Waals surface area contributed by atoms with Crippen molar-refractivity contribution in [3.63, 3.8) is 0 Å². The zero-order valence-corrected chi connectivity index (χ0v) is 19.8. The minimum Gasteiger partial charge on any atom is -0.378 e. The Morgan fingerprint density at radius 3 is 2.50 bits per heavy atom. The highest BCUT2D eigenvalue weighted by molar-refractivity contribution is 14.0. The number of nitrogens with one attached hydrogen (secondary N) is 2. The standard InChI is InChI=1S/C21H38N4O2.HI/c1-22-21(23-13-7-15-27-19-10-5-6-11-19)24-18-12-14-25(16-18)20(26)17-8-3-2-4-9-17;/h17-19H,2-16H2,1H3,(H2,22,23,24);1H. The smallest absolute Gasteiger partial charge is 0.225 e. The van der Waals surface area contributed by atoms with Crippen molar-refractivity contribution in [2.45, 2.75) is 82.8 Å². The molecule has 1 unspecified atom stereocenters. The molecule has 0 aromatic heterocycles. The van der Waals surface area contributed by atoms with Gasteiger partial charge in [-0.15, -0.1) is 24.0 Å². The number of amides is 1. The molecule has 3 fully saturated rings. The number of hydrogen-bond acceptors (Lipinski definition) is 3. The van der Waals surface area contributed by atoms with Gasteiger partial charge < -0.3 is 20.3 Å². The van der Waals surface area contributed by atoms with Crippen LogP contribution in [0.3, 0.4) is 0 Å². The van der Waals surface area contributed by atoms with Crippen LogP contribution < -0.4 is 10.6 Å². The molecule has 6 nitrogen and oxygen atoms in total. The lowest BCUT2D eigenvalue weighted by molar-refractivity contribution is -0.135. The molecule has 2 saturated carbocycles. The Labute approximate surface area is 187 Å². The third-order valence-corrected chi connectivity index (χ3v) is 6.29. The summed E-state index contributed by atoms with van der Waals surface area (Å²) in [7, 11) is 1.81. The van der Waals surface area contributed by atoms with E-state index in [4.69, 9.17) is 4.74 Å². The monoisotopic (exact) mass is 506 g/mol. The van der Waals surface area contributed by atoms with Gasteiger partial charge in [-0.05, 0) is 38.5 Å². The summed E-state index contributed by atoms with van der Waals surface area (Å²) in [5, 5.41) is 6.87. The van der Waals surface area contributed by atoms with E-state index in [-0.39, 0.29) is 29.9 Å². The molecule has 7 heteroatoms. The molecular weight excluding hydrogens is 467 g/mol. The molecule has 2 aliphatic carbocycles. The predicted molar refractivity (Wildman–Crippen MR) is 124 cm³/mol. The van der Waals surface area contributed by atoms with E-state index in [2.05, 4.69) is 20.5 Å². The fourth-order valence-corrected chi connectivity index (χ4v) is 4.66. The molecule has 3 aliphatic rings. The van der Waals surface area contributed by atoms with E-state index in [0.717, 1.165) is 57.9 Å². The average molecular weight is 506 g/mol. The van der Waals surface area contributed by atoms with Crippen molar-refractivity contribution in [1.29, 1.82) is 0 Å². The number of aliphatic imine (C=N–C) groups is 1. The Balaban J connectivity index is 0.00000280. The minimum absolute atomic E-state index is 0. The van der Waals surface area contributed by atoms with Crippen molar-refractivity contribution < 1.29 is 9.53 Å². The van der Waals surface area contributed by atoms with Gasteiger partial charge >= 0.3 is 0 Å². The fraction of sp³-hybridized carbons (Fsp3) is 0.905. The lowest BCUT2D eigenvalue weighted by Gasteiger charge is -2.26. The number of carbonyl (C=O) groups excluding carboxylic acids is 1. The summed E-state index contributed by atoms with van der Waals surface area (Å²) >= 11 is 0. The van der Waals surface area contributed by atoms with Crippen molar-refractivity contribution in [3.8, 4) is 0 Å². The normalized spacial score (nSPS) is 24.2. The molecule has 1 saturated heterocycles. The zero-order valence-electron chi connectivity index (χ0n) is 17.5. The molecule has 3 rings (SSSR count). The molecule has 162 valence electrons. The SMILES string of the molecule is CN=C(NCCCOC1CCCC1)NC1CCN(C(=O)C2CCCCC2)C1.I. The summed E-state index contributed by atoms with van der Waals surface area (Å²) in [5.41, 5.74) is 0. The molecule has 2 N–H and O–H groups in total. The van der Waals surface area contributed by atoms with E-state index < -0.39 is 0 Å². The lowest BCUT2D eigenvalue weighted by atomic mass is 9.88. The predicted octanol–water partition coefficient (Wildman–Crippen LogP) is 3.30. The highest BCUT2D eigenvalue weighted by Gasteiger charge is 2.31. The number of ether oxygens (including phenoxy) is 1. The van der Waals surface area contributed by atoms with Gasteiger partial charge in [-0.3, -0.25) is 9.79 Å². The molecule has 1 atom stereocenters. The van der Waals surface area contributed by atoms with Gasteiger partial charge in [0.2, 0.25) is 5.91 Å². The van der Waals surface area contributed by atoms with Crippen LogP contribution in [0, 0.1) is 5.92 Å². The largest absolute Gasteiger partial charge is 0.378 e. The molecule has 28 heavy (non-hydrogen) atoms. The molecule has 1 aliphatic heterocycles. The van der Waals surface area contributed by atoms with Gasteiger partial charge in [0, 0.05) is 45.2 Å². The lowest BCUT2D eigenvalue weighted by Crippen LogP contribution is -2.45. The summed E-state index contributed by atoms with van der Waals surface area (Å²) < 4.78 is 5.91. The van der Waals surface area contributed by atoms with Gasteiger partial charge in [0.05, 0.1) is 6.10 Å². The van der Waals surface area contributed by atoms with E-state index in [9.17, 15) is 4.79 Å². The Bertz CT molecular complexity index is 491. The summed E-state index contributed by atoms with van der Waals surface area (Å²) in [4.78, 5) is 19.1. The quantitative estimate of drug-likeness (QED) is 0.241. The van der Waals surface area contributed by atoms with Crippen LogP contribution in [-0.2, 0) is 9.53 Å². The number of carbonyl (C=O) groups is 1. The second-order valence-corrected chi connectivity index (χ2v) is 8.38. The van der Waals surface area contributed by atoms with Crippen LogP contribution >= 0.6 is 24.0 Å². The van der Waals surface area contributed by atoms with E-state index >= 15 is 0 Å². The van der Waals surface area contributed by atoms with Crippen molar-refractivity contribution in [3.05, 3.63) is 0 Å². The van der Waals surface area contributed by atoms with E-state index in [0.29, 0.717) is 18.1 Å². The number of nitrogens with zero attached hydrogens (tertiary/aromatic N) is 2. The van der Waals surface area contributed by atoms with Crippen LogP contribution in [0.15, 0.2) is 4.99 Å². The Morgan fingerprint density at radius 2 is 1.79 bits per heavy atom. The fourth-order valence-electron chi connectivity index (χ4n) is 4.66. The number of likely N-dealkylation sites (tertiary alicyclic amines) is 1. The first kappa shape index (κ1) is 23.7. The van der Waals surface area contributed by atoms with E-state index in [1.54, 1.807) is 0 Å². The molecule has 0 spiro atoms. The van der Waals surface area contributed by atoms with Crippen molar-refractivity contribution in [2.75, 3.05) is 33.3 Å². The molecule has 0 radical (unpaired) electrons. The molecule has 0 bridgehead atoms. The number of rotatable bonds is 7. The maximum Gasteiger partial charge on any atom is 0.225 e. The molecule has 1 heterocycles. The first-order chi connectivity index (χ1) is 13.3. The number of halogens is 1. The van der Waals surface area contributed by atoms with Crippen LogP contribution in [0.4, 0.5) is 0 Å². The molecule has 0 aromatic carbocycles. The zero-order chi connectivity index (χ0) is 18.9. The summed E-state index contributed by atoms with van der Waals surface area (Å²) in [6, 6.07) is 0.304. The Morgan fingerprint density at radius 1 is 1.07 bits per heavy atom.